The van der Waals surface area contributed by atoms with Gasteiger partial charge in [0.25, 0.3) is 0 Å². The number of nitrogens with zero attached hydrogens (tertiary/aromatic N) is 5. The Morgan fingerprint density at radius 1 is 1.17 bits per heavy atom. The molecule has 0 aliphatic rings. The van der Waals surface area contributed by atoms with Crippen LogP contribution in [0.3, 0.4) is 0 Å². The van der Waals surface area contributed by atoms with Gasteiger partial charge in [-0.1, -0.05) is 32.0 Å². The number of aliphatic imine (C=N–C) groups is 1. The lowest BCUT2D eigenvalue weighted by Crippen LogP contribution is -2.39. The summed E-state index contributed by atoms with van der Waals surface area (Å²) in [6.45, 7) is 7.14. The molecule has 0 saturated carbocycles. The van der Waals surface area contributed by atoms with Gasteiger partial charge in [0.1, 0.15) is 0 Å². The standard InChI is InChI=1S/C22H36N6.HI/c1-18(2)21-19(17-28(6)25-21)16-27(5)22(23-3)24-14-10-11-15-26(4)20-12-8-7-9-13-20;/h7-9,12-13,17-18H,10-11,14-16H2,1-6H3,(H,23,24);1H. The van der Waals surface area contributed by atoms with Crippen LogP contribution in [0.4, 0.5) is 5.69 Å². The lowest BCUT2D eigenvalue weighted by Gasteiger charge is -2.23. The Morgan fingerprint density at radius 3 is 2.48 bits per heavy atom. The summed E-state index contributed by atoms with van der Waals surface area (Å²) in [5.74, 6) is 1.34. The Bertz CT molecular complexity index is 741. The maximum Gasteiger partial charge on any atom is 0.193 e. The van der Waals surface area contributed by atoms with E-state index in [1.807, 2.05) is 18.8 Å². The zero-order valence-corrected chi connectivity index (χ0v) is 21.1. The van der Waals surface area contributed by atoms with Crippen LogP contribution in [0.15, 0.2) is 41.5 Å². The highest BCUT2D eigenvalue weighted by molar-refractivity contribution is 14.0. The van der Waals surface area contributed by atoms with Crippen LogP contribution in [-0.4, -0.2) is 54.9 Å². The number of halogens is 1. The molecule has 0 fully saturated rings. The van der Waals surface area contributed by atoms with E-state index < -0.39 is 0 Å². The van der Waals surface area contributed by atoms with E-state index in [0.29, 0.717) is 5.92 Å². The fourth-order valence-electron chi connectivity index (χ4n) is 3.36. The van der Waals surface area contributed by atoms with Crippen LogP contribution in [0.2, 0.25) is 0 Å². The van der Waals surface area contributed by atoms with Gasteiger partial charge in [0.15, 0.2) is 5.96 Å². The van der Waals surface area contributed by atoms with E-state index >= 15 is 0 Å². The largest absolute Gasteiger partial charge is 0.375 e. The Labute approximate surface area is 193 Å². The quantitative estimate of drug-likeness (QED) is 0.238. The summed E-state index contributed by atoms with van der Waals surface area (Å²) in [6.07, 6.45) is 4.35. The Hall–Kier alpha value is -1.77. The monoisotopic (exact) mass is 512 g/mol. The molecule has 0 radical (unpaired) electrons. The number of benzene rings is 1. The zero-order chi connectivity index (χ0) is 20.5. The second-order valence-corrected chi connectivity index (χ2v) is 7.66. The number of hydrogen-bond acceptors (Lipinski definition) is 3. The van der Waals surface area contributed by atoms with Gasteiger partial charge >= 0.3 is 0 Å². The van der Waals surface area contributed by atoms with Crippen molar-refractivity contribution in [1.29, 1.82) is 0 Å². The van der Waals surface area contributed by atoms with Crippen LogP contribution in [0.1, 0.15) is 43.9 Å². The number of hydrogen-bond donors (Lipinski definition) is 1. The Kier molecular flexibility index (Phi) is 11.1. The van der Waals surface area contributed by atoms with Crippen LogP contribution < -0.4 is 10.2 Å². The van der Waals surface area contributed by atoms with Crippen LogP contribution >= 0.6 is 24.0 Å². The van der Waals surface area contributed by atoms with E-state index in [0.717, 1.165) is 44.1 Å². The van der Waals surface area contributed by atoms with E-state index in [9.17, 15) is 0 Å². The zero-order valence-electron chi connectivity index (χ0n) is 18.7. The summed E-state index contributed by atoms with van der Waals surface area (Å²) in [5, 5.41) is 8.09. The molecule has 162 valence electrons. The van der Waals surface area contributed by atoms with Crippen LogP contribution in [0.25, 0.3) is 0 Å². The third kappa shape index (κ3) is 7.87. The number of nitrogens with one attached hydrogen (secondary N) is 1. The van der Waals surface area contributed by atoms with Gasteiger partial charge in [0.05, 0.1) is 5.69 Å². The molecule has 0 bridgehead atoms. The minimum atomic E-state index is 0. The third-order valence-electron chi connectivity index (χ3n) is 4.87. The first-order chi connectivity index (χ1) is 13.4. The van der Waals surface area contributed by atoms with Gasteiger partial charge in [-0.15, -0.1) is 24.0 Å². The normalized spacial score (nSPS) is 11.3. The van der Waals surface area contributed by atoms with Gasteiger partial charge in [-0.2, -0.15) is 5.10 Å². The first-order valence-electron chi connectivity index (χ1n) is 10.1. The average Bonchev–Trinajstić information content (AvgIpc) is 3.05. The molecule has 0 saturated heterocycles. The highest BCUT2D eigenvalue weighted by Crippen LogP contribution is 2.18. The predicted molar refractivity (Wildman–Crippen MR) is 134 cm³/mol. The minimum absolute atomic E-state index is 0. The number of aryl methyl sites for hydroxylation is 1. The highest BCUT2D eigenvalue weighted by Gasteiger charge is 2.14. The van der Waals surface area contributed by atoms with Gasteiger partial charge in [0.2, 0.25) is 0 Å². The molecule has 6 nitrogen and oxygen atoms in total. The maximum absolute atomic E-state index is 4.60. The molecule has 1 aromatic heterocycles. The number of guanidine groups is 1. The van der Waals surface area contributed by atoms with Crippen LogP contribution in [0, 0.1) is 0 Å². The van der Waals surface area contributed by atoms with Crippen LogP contribution in [0.5, 0.6) is 0 Å². The molecule has 0 aliphatic carbocycles. The number of para-hydroxylation sites is 1. The van der Waals surface area contributed by atoms with Crippen molar-refractivity contribution in [2.45, 2.75) is 39.2 Å². The lowest BCUT2D eigenvalue weighted by molar-refractivity contribution is 0.471. The van der Waals surface area contributed by atoms with Crippen LogP contribution in [-0.2, 0) is 13.6 Å². The van der Waals surface area contributed by atoms with Crippen molar-refractivity contribution >= 4 is 35.6 Å². The maximum atomic E-state index is 4.60. The Morgan fingerprint density at radius 2 is 1.86 bits per heavy atom. The number of unbranched alkanes of at least 4 members (excludes halogenated alkanes) is 1. The van der Waals surface area contributed by atoms with Crippen molar-refractivity contribution in [2.75, 3.05) is 39.1 Å². The molecule has 0 amide bonds. The smallest absolute Gasteiger partial charge is 0.193 e. The van der Waals surface area contributed by atoms with Crippen molar-refractivity contribution in [3.8, 4) is 0 Å². The molecule has 7 heteroatoms. The van der Waals surface area contributed by atoms with Crippen molar-refractivity contribution in [1.82, 2.24) is 20.0 Å². The fourth-order valence-corrected chi connectivity index (χ4v) is 3.36. The van der Waals surface area contributed by atoms with Crippen molar-refractivity contribution < 1.29 is 0 Å². The molecule has 1 heterocycles. The van der Waals surface area contributed by atoms with Gasteiger partial charge < -0.3 is 15.1 Å². The highest BCUT2D eigenvalue weighted by atomic mass is 127. The molecule has 1 aromatic carbocycles. The predicted octanol–water partition coefficient (Wildman–Crippen LogP) is 4.09. The first kappa shape index (κ1) is 25.3. The summed E-state index contributed by atoms with van der Waals surface area (Å²) in [5.41, 5.74) is 3.68. The summed E-state index contributed by atoms with van der Waals surface area (Å²) in [6, 6.07) is 10.5. The summed E-state index contributed by atoms with van der Waals surface area (Å²) in [4.78, 5) is 8.91. The van der Waals surface area contributed by atoms with Gasteiger partial charge in [-0.3, -0.25) is 9.67 Å². The first-order valence-corrected chi connectivity index (χ1v) is 10.1. The number of aromatic nitrogens is 2. The van der Waals surface area contributed by atoms with Gasteiger partial charge in [-0.25, -0.2) is 0 Å². The van der Waals surface area contributed by atoms with E-state index in [1.54, 1.807) is 0 Å². The molecule has 0 spiro atoms. The van der Waals surface area contributed by atoms with Gasteiger partial charge in [-0.05, 0) is 30.9 Å². The van der Waals surface area contributed by atoms with E-state index in [-0.39, 0.29) is 24.0 Å². The van der Waals surface area contributed by atoms with E-state index in [1.165, 1.54) is 11.3 Å². The molecule has 0 unspecified atom stereocenters. The number of rotatable bonds is 9. The summed E-state index contributed by atoms with van der Waals surface area (Å²) in [7, 11) is 8.05. The lowest BCUT2D eigenvalue weighted by atomic mass is 10.1. The molecular formula is C22H37IN6. The summed E-state index contributed by atoms with van der Waals surface area (Å²) >= 11 is 0. The molecule has 29 heavy (non-hydrogen) atoms. The second kappa shape index (κ2) is 12.7. The van der Waals surface area contributed by atoms with Gasteiger partial charge in [0, 0.05) is 65.3 Å². The second-order valence-electron chi connectivity index (χ2n) is 7.66. The molecular weight excluding hydrogens is 475 g/mol. The van der Waals surface area contributed by atoms with Crippen molar-refractivity contribution in [3.05, 3.63) is 47.8 Å². The SMILES string of the molecule is CN=C(NCCCCN(C)c1ccccc1)N(C)Cc1cn(C)nc1C(C)C.I. The molecule has 1 N–H and O–H groups in total. The van der Waals surface area contributed by atoms with Crippen molar-refractivity contribution in [2.24, 2.45) is 12.0 Å². The van der Waals surface area contributed by atoms with E-state index in [2.05, 4.69) is 89.7 Å². The topological polar surface area (TPSA) is 48.7 Å². The fraction of sp³-hybridized carbons (Fsp3) is 0.545. The molecule has 0 aliphatic heterocycles. The average molecular weight is 512 g/mol. The third-order valence-corrected chi connectivity index (χ3v) is 4.87. The molecule has 0 atom stereocenters. The minimum Gasteiger partial charge on any atom is -0.375 e. The summed E-state index contributed by atoms with van der Waals surface area (Å²) < 4.78 is 1.90. The van der Waals surface area contributed by atoms with E-state index in [4.69, 9.17) is 0 Å². The van der Waals surface area contributed by atoms with Crippen molar-refractivity contribution in [3.63, 3.8) is 0 Å². The number of anilines is 1. The molecule has 2 aromatic rings. The Balaban J connectivity index is 0.00000420. The molecule has 2 rings (SSSR count).